The number of H-pyrrole nitrogens is 1. The van der Waals surface area contributed by atoms with Crippen LogP contribution in [-0.2, 0) is 18.9 Å². The van der Waals surface area contributed by atoms with Gasteiger partial charge in [-0.25, -0.2) is 4.79 Å². The maximum Gasteiger partial charge on any atom is 0.331 e. The van der Waals surface area contributed by atoms with Gasteiger partial charge in [0.25, 0.3) is 11.5 Å². The van der Waals surface area contributed by atoms with E-state index in [1.165, 1.54) is 11.6 Å². The lowest BCUT2D eigenvalue weighted by Gasteiger charge is -2.07. The van der Waals surface area contributed by atoms with Gasteiger partial charge in [-0.3, -0.25) is 18.7 Å². The average molecular weight is 371 g/mol. The number of benzene rings is 1. The van der Waals surface area contributed by atoms with E-state index in [-0.39, 0.29) is 23.8 Å². The standard InChI is InChI=1S/C18H21N5O4/c1-22-14-9-13(21-16(14)17(25)23(2)18(22)26)11-3-5-12(6-4-11)27-10-15(24)20-8-7-19/h3-6,9,21H,7-8,10,19H2,1-2H3,(H,20,24). The van der Waals surface area contributed by atoms with E-state index < -0.39 is 0 Å². The Balaban J connectivity index is 1.82. The molecule has 27 heavy (non-hydrogen) atoms. The van der Waals surface area contributed by atoms with Crippen molar-refractivity contribution >= 4 is 16.9 Å². The Bertz CT molecular complexity index is 1090. The quantitative estimate of drug-likeness (QED) is 0.548. The molecule has 142 valence electrons. The van der Waals surface area contributed by atoms with Gasteiger partial charge in [-0.1, -0.05) is 0 Å². The molecule has 2 aromatic heterocycles. The molecule has 4 N–H and O–H groups in total. The summed E-state index contributed by atoms with van der Waals surface area (Å²) in [4.78, 5) is 38.9. The summed E-state index contributed by atoms with van der Waals surface area (Å²) in [6.07, 6.45) is 0. The number of nitrogens with one attached hydrogen (secondary N) is 2. The van der Waals surface area contributed by atoms with Crippen molar-refractivity contribution in [2.45, 2.75) is 0 Å². The molecule has 1 aromatic carbocycles. The molecule has 0 unspecified atom stereocenters. The van der Waals surface area contributed by atoms with Crippen LogP contribution in [0.25, 0.3) is 22.3 Å². The summed E-state index contributed by atoms with van der Waals surface area (Å²) in [6, 6.07) is 8.83. The maximum atomic E-state index is 12.3. The fourth-order valence-corrected chi connectivity index (χ4v) is 2.75. The van der Waals surface area contributed by atoms with Crippen LogP contribution in [0.1, 0.15) is 0 Å². The number of amides is 1. The Labute approximate surface area is 154 Å². The minimum Gasteiger partial charge on any atom is -0.484 e. The van der Waals surface area contributed by atoms with E-state index in [9.17, 15) is 14.4 Å². The highest BCUT2D eigenvalue weighted by Gasteiger charge is 2.12. The predicted molar refractivity (Wildman–Crippen MR) is 102 cm³/mol. The fraction of sp³-hybridized carbons (Fsp3) is 0.278. The Kier molecular flexibility index (Phi) is 5.13. The molecular formula is C18H21N5O4. The van der Waals surface area contributed by atoms with Gasteiger partial charge in [-0.05, 0) is 35.9 Å². The minimum absolute atomic E-state index is 0.0934. The van der Waals surface area contributed by atoms with Gasteiger partial charge < -0.3 is 20.8 Å². The molecule has 0 bridgehead atoms. The molecule has 0 aliphatic rings. The molecule has 0 fully saturated rings. The van der Waals surface area contributed by atoms with Crippen molar-refractivity contribution in [3.63, 3.8) is 0 Å². The Hall–Kier alpha value is -3.33. The van der Waals surface area contributed by atoms with E-state index in [4.69, 9.17) is 10.5 Å². The van der Waals surface area contributed by atoms with Crippen molar-refractivity contribution in [1.29, 1.82) is 0 Å². The molecule has 3 rings (SSSR count). The number of nitrogens with two attached hydrogens (primary N) is 1. The van der Waals surface area contributed by atoms with E-state index >= 15 is 0 Å². The number of hydrogen-bond donors (Lipinski definition) is 3. The highest BCUT2D eigenvalue weighted by Crippen LogP contribution is 2.24. The first-order valence-electron chi connectivity index (χ1n) is 8.41. The van der Waals surface area contributed by atoms with Gasteiger partial charge in [0.15, 0.2) is 6.61 Å². The van der Waals surface area contributed by atoms with Crippen LogP contribution in [0.2, 0.25) is 0 Å². The first-order valence-corrected chi connectivity index (χ1v) is 8.41. The zero-order valence-corrected chi connectivity index (χ0v) is 15.1. The minimum atomic E-state index is -0.380. The number of hydrogen-bond acceptors (Lipinski definition) is 5. The lowest BCUT2D eigenvalue weighted by molar-refractivity contribution is -0.123. The van der Waals surface area contributed by atoms with Crippen molar-refractivity contribution in [2.75, 3.05) is 19.7 Å². The number of fused-ring (bicyclic) bond motifs is 1. The second-order valence-corrected chi connectivity index (χ2v) is 6.10. The molecule has 0 saturated heterocycles. The number of carbonyl (C=O) groups is 1. The number of nitrogens with zero attached hydrogens (tertiary/aromatic N) is 2. The summed E-state index contributed by atoms with van der Waals surface area (Å²) >= 11 is 0. The fourth-order valence-electron chi connectivity index (χ4n) is 2.75. The number of ether oxygens (including phenoxy) is 1. The topological polar surface area (TPSA) is 124 Å². The first kappa shape index (κ1) is 18.5. The SMILES string of the molecule is Cn1c(=O)c2[nH]c(-c3ccc(OCC(=O)NCCN)cc3)cc2n(C)c1=O. The monoisotopic (exact) mass is 371 g/mol. The lowest BCUT2D eigenvalue weighted by atomic mass is 10.1. The first-order chi connectivity index (χ1) is 12.9. The number of carbonyl (C=O) groups excluding carboxylic acids is 1. The average Bonchev–Trinajstić information content (AvgIpc) is 3.13. The zero-order chi connectivity index (χ0) is 19.6. The Morgan fingerprint density at radius 3 is 2.56 bits per heavy atom. The Morgan fingerprint density at radius 2 is 1.89 bits per heavy atom. The van der Waals surface area contributed by atoms with Crippen LogP contribution in [0.4, 0.5) is 0 Å². The third-order valence-electron chi connectivity index (χ3n) is 4.25. The molecule has 0 spiro atoms. The summed E-state index contributed by atoms with van der Waals surface area (Å²) in [7, 11) is 3.06. The van der Waals surface area contributed by atoms with E-state index in [1.807, 2.05) is 0 Å². The summed E-state index contributed by atoms with van der Waals surface area (Å²) in [5.41, 5.74) is 7.00. The molecule has 9 heteroatoms. The normalized spacial score (nSPS) is 10.9. The maximum absolute atomic E-state index is 12.3. The largest absolute Gasteiger partial charge is 0.484 e. The molecule has 0 atom stereocenters. The Morgan fingerprint density at radius 1 is 1.19 bits per heavy atom. The van der Waals surface area contributed by atoms with Crippen molar-refractivity contribution in [1.82, 2.24) is 19.4 Å². The second kappa shape index (κ2) is 7.50. The summed E-state index contributed by atoms with van der Waals surface area (Å²) in [5.74, 6) is 0.304. The number of aromatic nitrogens is 3. The highest BCUT2D eigenvalue weighted by molar-refractivity contribution is 5.82. The lowest BCUT2D eigenvalue weighted by Crippen LogP contribution is -2.36. The molecule has 0 aliphatic carbocycles. The molecule has 0 saturated carbocycles. The van der Waals surface area contributed by atoms with Gasteiger partial charge in [0.1, 0.15) is 11.3 Å². The van der Waals surface area contributed by atoms with Gasteiger partial charge in [0.2, 0.25) is 0 Å². The van der Waals surface area contributed by atoms with Crippen LogP contribution in [-0.4, -0.2) is 39.7 Å². The molecule has 0 radical (unpaired) electrons. The number of aromatic amines is 1. The van der Waals surface area contributed by atoms with Gasteiger partial charge in [-0.2, -0.15) is 0 Å². The zero-order valence-electron chi connectivity index (χ0n) is 15.1. The van der Waals surface area contributed by atoms with Crippen LogP contribution < -0.4 is 27.0 Å². The summed E-state index contributed by atoms with van der Waals surface area (Å²) in [5, 5.41) is 2.62. The number of aryl methyl sites for hydroxylation is 1. The van der Waals surface area contributed by atoms with Gasteiger partial charge in [-0.15, -0.1) is 0 Å². The summed E-state index contributed by atoms with van der Waals surface area (Å²) in [6.45, 7) is 0.688. The molecule has 9 nitrogen and oxygen atoms in total. The van der Waals surface area contributed by atoms with Crippen LogP contribution in [0.5, 0.6) is 5.75 Å². The van der Waals surface area contributed by atoms with Gasteiger partial charge in [0, 0.05) is 32.9 Å². The third-order valence-corrected chi connectivity index (χ3v) is 4.25. The van der Waals surface area contributed by atoms with Crippen molar-refractivity contribution in [2.24, 2.45) is 19.8 Å². The molecule has 2 heterocycles. The van der Waals surface area contributed by atoms with E-state index in [0.717, 1.165) is 10.1 Å². The van der Waals surface area contributed by atoms with Crippen molar-refractivity contribution in [3.05, 3.63) is 51.2 Å². The van der Waals surface area contributed by atoms with Crippen LogP contribution >= 0.6 is 0 Å². The van der Waals surface area contributed by atoms with Crippen LogP contribution in [0.15, 0.2) is 39.9 Å². The van der Waals surface area contributed by atoms with E-state index in [2.05, 4.69) is 10.3 Å². The van der Waals surface area contributed by atoms with Crippen molar-refractivity contribution in [3.8, 4) is 17.0 Å². The molecular weight excluding hydrogens is 350 g/mol. The van der Waals surface area contributed by atoms with E-state index in [1.54, 1.807) is 37.4 Å². The van der Waals surface area contributed by atoms with E-state index in [0.29, 0.717) is 35.6 Å². The van der Waals surface area contributed by atoms with Crippen LogP contribution in [0, 0.1) is 0 Å². The summed E-state index contributed by atoms with van der Waals surface area (Å²) < 4.78 is 7.91. The molecule has 3 aromatic rings. The van der Waals surface area contributed by atoms with Gasteiger partial charge >= 0.3 is 5.69 Å². The third kappa shape index (κ3) is 3.63. The molecule has 0 aliphatic heterocycles. The smallest absolute Gasteiger partial charge is 0.331 e. The van der Waals surface area contributed by atoms with Crippen molar-refractivity contribution < 1.29 is 9.53 Å². The van der Waals surface area contributed by atoms with Gasteiger partial charge in [0.05, 0.1) is 5.52 Å². The highest BCUT2D eigenvalue weighted by atomic mass is 16.5. The second-order valence-electron chi connectivity index (χ2n) is 6.10. The number of rotatable bonds is 6. The van der Waals surface area contributed by atoms with Crippen LogP contribution in [0.3, 0.4) is 0 Å². The predicted octanol–water partition coefficient (Wildman–Crippen LogP) is -0.314. The molecule has 1 amide bonds.